The number of likely N-dealkylation sites (N-methyl/N-ethyl adjacent to an activating group) is 1. The lowest BCUT2D eigenvalue weighted by Gasteiger charge is -2.35. The molecule has 152 valence electrons. The van der Waals surface area contributed by atoms with Gasteiger partial charge in [-0.2, -0.15) is 0 Å². The van der Waals surface area contributed by atoms with Gasteiger partial charge in [-0.3, -0.25) is 9.89 Å². The summed E-state index contributed by atoms with van der Waals surface area (Å²) in [5, 5.41) is 7.13. The van der Waals surface area contributed by atoms with E-state index in [1.54, 1.807) is 7.11 Å². The van der Waals surface area contributed by atoms with Gasteiger partial charge in [-0.25, -0.2) is 0 Å². The summed E-state index contributed by atoms with van der Waals surface area (Å²) >= 11 is 0. The zero-order chi connectivity index (χ0) is 18.6. The minimum atomic E-state index is 0.542. The van der Waals surface area contributed by atoms with Crippen molar-refractivity contribution in [2.45, 2.75) is 64.5 Å². The van der Waals surface area contributed by atoms with E-state index in [1.165, 1.54) is 51.7 Å². The number of rotatable bonds is 9. The van der Waals surface area contributed by atoms with Crippen LogP contribution in [0, 0.1) is 0 Å². The van der Waals surface area contributed by atoms with Crippen LogP contribution in [-0.2, 0) is 4.74 Å². The molecular weight excluding hydrogens is 326 g/mol. The van der Waals surface area contributed by atoms with Crippen LogP contribution in [0.25, 0.3) is 0 Å². The van der Waals surface area contributed by atoms with Crippen molar-refractivity contribution in [2.75, 3.05) is 59.5 Å². The molecule has 0 aromatic heterocycles. The van der Waals surface area contributed by atoms with Crippen LogP contribution in [0.15, 0.2) is 4.99 Å². The minimum absolute atomic E-state index is 0.542. The van der Waals surface area contributed by atoms with Crippen molar-refractivity contribution in [3.63, 3.8) is 0 Å². The monoisotopic (exact) mass is 367 g/mol. The van der Waals surface area contributed by atoms with Crippen molar-refractivity contribution >= 4 is 5.96 Å². The van der Waals surface area contributed by atoms with Gasteiger partial charge < -0.3 is 20.3 Å². The molecule has 0 bridgehead atoms. The Hall–Kier alpha value is -0.850. The van der Waals surface area contributed by atoms with Gasteiger partial charge in [0.25, 0.3) is 0 Å². The number of ether oxygens (including phenoxy) is 1. The van der Waals surface area contributed by atoms with E-state index in [4.69, 9.17) is 9.73 Å². The third-order valence-electron chi connectivity index (χ3n) is 5.71. The molecule has 0 spiro atoms. The fourth-order valence-corrected chi connectivity index (χ4v) is 4.13. The number of piperidine rings is 2. The quantitative estimate of drug-likeness (QED) is 0.370. The van der Waals surface area contributed by atoms with Crippen molar-refractivity contribution in [3.8, 4) is 0 Å². The zero-order valence-electron chi connectivity index (χ0n) is 17.3. The minimum Gasteiger partial charge on any atom is -0.385 e. The molecule has 1 unspecified atom stereocenters. The first-order valence-corrected chi connectivity index (χ1v) is 10.8. The summed E-state index contributed by atoms with van der Waals surface area (Å²) in [4.78, 5) is 10.1. The molecule has 2 aliphatic rings. The van der Waals surface area contributed by atoms with Gasteiger partial charge in [0.2, 0.25) is 0 Å². The summed E-state index contributed by atoms with van der Waals surface area (Å²) in [5.74, 6) is 1.01. The van der Waals surface area contributed by atoms with E-state index in [0.717, 1.165) is 45.2 Å². The molecule has 0 aromatic carbocycles. The van der Waals surface area contributed by atoms with E-state index in [0.29, 0.717) is 12.1 Å². The third-order valence-corrected chi connectivity index (χ3v) is 5.71. The number of hydrogen-bond acceptors (Lipinski definition) is 4. The third kappa shape index (κ3) is 7.41. The zero-order valence-corrected chi connectivity index (χ0v) is 17.3. The Bertz CT molecular complexity index is 396. The topological polar surface area (TPSA) is 52.1 Å². The molecule has 0 aliphatic carbocycles. The predicted molar refractivity (Wildman–Crippen MR) is 110 cm³/mol. The highest BCUT2D eigenvalue weighted by Gasteiger charge is 2.22. The molecule has 0 aromatic rings. The standard InChI is InChI=1S/C20H41N5O/c1-4-21-20(22-17-19-9-6-7-13-25(19)5-2)23-18-10-14-24(15-11-18)12-8-16-26-3/h18-19H,4-17H2,1-3H3,(H2,21,22,23). The highest BCUT2D eigenvalue weighted by Crippen LogP contribution is 2.17. The van der Waals surface area contributed by atoms with Gasteiger partial charge in [-0.1, -0.05) is 13.3 Å². The first-order chi connectivity index (χ1) is 12.8. The maximum Gasteiger partial charge on any atom is 0.191 e. The van der Waals surface area contributed by atoms with Gasteiger partial charge in [0.05, 0.1) is 6.54 Å². The molecule has 0 amide bonds. The molecule has 2 rings (SSSR count). The lowest BCUT2D eigenvalue weighted by molar-refractivity contribution is 0.155. The number of nitrogens with zero attached hydrogens (tertiary/aromatic N) is 3. The molecule has 2 saturated heterocycles. The van der Waals surface area contributed by atoms with Gasteiger partial charge in [0, 0.05) is 52.0 Å². The summed E-state index contributed by atoms with van der Waals surface area (Å²) in [6.45, 7) is 13.0. The van der Waals surface area contributed by atoms with Crippen LogP contribution in [0.2, 0.25) is 0 Å². The summed E-state index contributed by atoms with van der Waals surface area (Å²) in [6, 6.07) is 1.16. The van der Waals surface area contributed by atoms with Crippen molar-refractivity contribution < 1.29 is 4.74 Å². The van der Waals surface area contributed by atoms with Crippen LogP contribution < -0.4 is 10.6 Å². The average Bonchev–Trinajstić information content (AvgIpc) is 2.68. The van der Waals surface area contributed by atoms with E-state index in [1.807, 2.05) is 0 Å². The molecular formula is C20H41N5O. The second-order valence-corrected chi connectivity index (χ2v) is 7.60. The van der Waals surface area contributed by atoms with E-state index in [2.05, 4.69) is 34.3 Å². The van der Waals surface area contributed by atoms with Gasteiger partial charge in [-0.15, -0.1) is 0 Å². The van der Waals surface area contributed by atoms with Crippen molar-refractivity contribution in [2.24, 2.45) is 4.99 Å². The molecule has 0 radical (unpaired) electrons. The molecule has 2 fully saturated rings. The molecule has 6 heteroatoms. The van der Waals surface area contributed by atoms with Crippen LogP contribution in [0.3, 0.4) is 0 Å². The lowest BCUT2D eigenvalue weighted by atomic mass is 10.0. The Morgan fingerprint density at radius 1 is 1.12 bits per heavy atom. The second-order valence-electron chi connectivity index (χ2n) is 7.60. The Morgan fingerprint density at radius 3 is 2.62 bits per heavy atom. The van der Waals surface area contributed by atoms with Crippen molar-refractivity contribution in [1.29, 1.82) is 0 Å². The lowest BCUT2D eigenvalue weighted by Crippen LogP contribution is -2.49. The summed E-state index contributed by atoms with van der Waals surface area (Å²) in [7, 11) is 1.78. The van der Waals surface area contributed by atoms with E-state index >= 15 is 0 Å². The highest BCUT2D eigenvalue weighted by molar-refractivity contribution is 5.80. The Morgan fingerprint density at radius 2 is 1.92 bits per heavy atom. The first-order valence-electron chi connectivity index (χ1n) is 10.8. The van der Waals surface area contributed by atoms with Gasteiger partial charge in [-0.05, 0) is 52.1 Å². The van der Waals surface area contributed by atoms with Crippen molar-refractivity contribution in [1.82, 2.24) is 20.4 Å². The number of aliphatic imine (C=N–C) groups is 1. The number of guanidine groups is 1. The van der Waals surface area contributed by atoms with Crippen LogP contribution >= 0.6 is 0 Å². The van der Waals surface area contributed by atoms with Gasteiger partial charge in [0.15, 0.2) is 5.96 Å². The first kappa shape index (κ1) is 21.5. The molecule has 26 heavy (non-hydrogen) atoms. The number of nitrogens with one attached hydrogen (secondary N) is 2. The SMILES string of the molecule is CCNC(=NCC1CCCCN1CC)NC1CCN(CCCOC)CC1. The van der Waals surface area contributed by atoms with E-state index in [-0.39, 0.29) is 0 Å². The van der Waals surface area contributed by atoms with Crippen LogP contribution in [0.4, 0.5) is 0 Å². The van der Waals surface area contributed by atoms with Gasteiger partial charge >= 0.3 is 0 Å². The molecule has 1 atom stereocenters. The average molecular weight is 368 g/mol. The summed E-state index contributed by atoms with van der Waals surface area (Å²) in [6.07, 6.45) is 7.51. The Labute approximate surface area is 160 Å². The van der Waals surface area contributed by atoms with Crippen LogP contribution in [0.5, 0.6) is 0 Å². The smallest absolute Gasteiger partial charge is 0.191 e. The maximum atomic E-state index is 5.16. The highest BCUT2D eigenvalue weighted by atomic mass is 16.5. The van der Waals surface area contributed by atoms with E-state index in [9.17, 15) is 0 Å². The normalized spacial score (nSPS) is 24.0. The maximum absolute atomic E-state index is 5.16. The van der Waals surface area contributed by atoms with Gasteiger partial charge in [0.1, 0.15) is 0 Å². The largest absolute Gasteiger partial charge is 0.385 e. The molecule has 2 aliphatic heterocycles. The Balaban J connectivity index is 1.76. The fraction of sp³-hybridized carbons (Fsp3) is 0.950. The Kier molecular flexibility index (Phi) is 10.3. The molecule has 6 nitrogen and oxygen atoms in total. The molecule has 0 saturated carbocycles. The predicted octanol–water partition coefficient (Wildman–Crippen LogP) is 1.92. The fourth-order valence-electron chi connectivity index (χ4n) is 4.13. The van der Waals surface area contributed by atoms with Crippen molar-refractivity contribution in [3.05, 3.63) is 0 Å². The number of hydrogen-bond donors (Lipinski definition) is 2. The summed E-state index contributed by atoms with van der Waals surface area (Å²) in [5.41, 5.74) is 0. The van der Waals surface area contributed by atoms with Crippen LogP contribution in [-0.4, -0.2) is 87.4 Å². The number of likely N-dealkylation sites (tertiary alicyclic amines) is 2. The summed E-state index contributed by atoms with van der Waals surface area (Å²) < 4.78 is 5.16. The van der Waals surface area contributed by atoms with Crippen LogP contribution in [0.1, 0.15) is 52.4 Å². The molecule has 2 N–H and O–H groups in total. The van der Waals surface area contributed by atoms with E-state index < -0.39 is 0 Å². The molecule has 2 heterocycles. The number of methoxy groups -OCH3 is 1. The second kappa shape index (κ2) is 12.5.